The second-order valence-corrected chi connectivity index (χ2v) is 4.76. The van der Waals surface area contributed by atoms with Crippen LogP contribution in [0.25, 0.3) is 11.3 Å². The molecule has 1 aromatic heterocycles. The lowest BCUT2D eigenvalue weighted by molar-refractivity contribution is 0.350. The third-order valence-electron chi connectivity index (χ3n) is 3.06. The van der Waals surface area contributed by atoms with E-state index in [0.717, 1.165) is 41.0 Å². The van der Waals surface area contributed by atoms with Gasteiger partial charge in [-0.05, 0) is 19.1 Å². The van der Waals surface area contributed by atoms with Crippen molar-refractivity contribution in [2.45, 2.75) is 12.8 Å². The Labute approximate surface area is 105 Å². The fourth-order valence-electron chi connectivity index (χ4n) is 1.93. The van der Waals surface area contributed by atoms with Gasteiger partial charge in [-0.2, -0.15) is 0 Å². The van der Waals surface area contributed by atoms with Gasteiger partial charge in [-0.1, -0.05) is 23.7 Å². The number of hydrogen-bond donors (Lipinski definition) is 1. The minimum atomic E-state index is 0.426. The van der Waals surface area contributed by atoms with Crippen molar-refractivity contribution in [1.29, 1.82) is 0 Å². The zero-order valence-electron chi connectivity index (χ0n) is 9.53. The van der Waals surface area contributed by atoms with Gasteiger partial charge in [0.15, 0.2) is 0 Å². The number of nitrogens with zero attached hydrogens (tertiary/aromatic N) is 1. The lowest BCUT2D eigenvalue weighted by atomic mass is 10.0. The molecule has 1 fully saturated rings. The molecule has 4 heteroatoms. The van der Waals surface area contributed by atoms with Crippen LogP contribution in [0.5, 0.6) is 0 Å². The molecule has 2 heterocycles. The highest BCUT2D eigenvalue weighted by atomic mass is 35.5. The zero-order valence-corrected chi connectivity index (χ0v) is 10.3. The molecule has 3 rings (SSSR count). The first-order valence-electron chi connectivity index (χ1n) is 5.68. The average molecular weight is 249 g/mol. The summed E-state index contributed by atoms with van der Waals surface area (Å²) in [5.74, 6) is 2.13. The molecule has 2 aromatic rings. The fourth-order valence-corrected chi connectivity index (χ4v) is 2.06. The van der Waals surface area contributed by atoms with Crippen molar-refractivity contribution in [2.24, 2.45) is 0 Å². The average Bonchev–Trinajstić information content (AvgIpc) is 2.59. The summed E-state index contributed by atoms with van der Waals surface area (Å²) in [6.45, 7) is 3.87. The molecule has 1 aromatic carbocycles. The number of nitrogens with one attached hydrogen (secondary N) is 1. The van der Waals surface area contributed by atoms with Gasteiger partial charge in [-0.25, -0.2) is 4.98 Å². The summed E-state index contributed by atoms with van der Waals surface area (Å²) in [4.78, 5) is 4.58. The summed E-state index contributed by atoms with van der Waals surface area (Å²) in [5.41, 5.74) is 1.97. The molecule has 17 heavy (non-hydrogen) atoms. The number of aryl methyl sites for hydroxylation is 1. The molecule has 0 radical (unpaired) electrons. The van der Waals surface area contributed by atoms with Crippen LogP contribution >= 0.6 is 11.6 Å². The van der Waals surface area contributed by atoms with Crippen molar-refractivity contribution in [1.82, 2.24) is 10.3 Å². The van der Waals surface area contributed by atoms with Gasteiger partial charge >= 0.3 is 0 Å². The predicted molar refractivity (Wildman–Crippen MR) is 67.3 cm³/mol. The third-order valence-corrected chi connectivity index (χ3v) is 3.31. The highest BCUT2D eigenvalue weighted by molar-refractivity contribution is 6.30. The molecule has 0 unspecified atom stereocenters. The summed E-state index contributed by atoms with van der Waals surface area (Å²) in [6, 6.07) is 7.68. The van der Waals surface area contributed by atoms with Crippen LogP contribution in [0.15, 0.2) is 28.7 Å². The van der Waals surface area contributed by atoms with E-state index in [1.807, 2.05) is 31.2 Å². The topological polar surface area (TPSA) is 38.1 Å². The standard InChI is InChI=1S/C13H13ClN2O/c1-8-12(9-2-4-11(14)5-3-9)16-13(17-8)10-6-15-7-10/h2-5,10,15H,6-7H2,1H3. The molecule has 3 nitrogen and oxygen atoms in total. The number of halogens is 1. The number of benzene rings is 1. The van der Waals surface area contributed by atoms with Crippen molar-refractivity contribution >= 4 is 11.6 Å². The lowest BCUT2D eigenvalue weighted by Crippen LogP contribution is -2.40. The zero-order chi connectivity index (χ0) is 11.8. The van der Waals surface area contributed by atoms with Crippen LogP contribution in [0.1, 0.15) is 17.6 Å². The molecule has 0 spiro atoms. The van der Waals surface area contributed by atoms with E-state index >= 15 is 0 Å². The van der Waals surface area contributed by atoms with Gasteiger partial charge in [0.05, 0.1) is 5.92 Å². The first-order chi connectivity index (χ1) is 8.24. The van der Waals surface area contributed by atoms with Gasteiger partial charge < -0.3 is 9.73 Å². The van der Waals surface area contributed by atoms with Gasteiger partial charge in [-0.3, -0.25) is 0 Å². The third kappa shape index (κ3) is 1.96. The molecular weight excluding hydrogens is 236 g/mol. The minimum absolute atomic E-state index is 0.426. The van der Waals surface area contributed by atoms with Crippen LogP contribution < -0.4 is 5.32 Å². The Bertz CT molecular complexity index is 529. The first-order valence-corrected chi connectivity index (χ1v) is 6.06. The van der Waals surface area contributed by atoms with Crippen LogP contribution in [0, 0.1) is 6.92 Å². The predicted octanol–water partition coefficient (Wildman–Crippen LogP) is 2.99. The Balaban J connectivity index is 1.96. The molecular formula is C13H13ClN2O. The molecule has 1 N–H and O–H groups in total. The molecule has 1 saturated heterocycles. The molecule has 1 aliphatic heterocycles. The molecule has 88 valence electrons. The van der Waals surface area contributed by atoms with Crippen molar-refractivity contribution in [3.63, 3.8) is 0 Å². The second kappa shape index (κ2) is 4.17. The summed E-state index contributed by atoms with van der Waals surface area (Å²) in [6.07, 6.45) is 0. The first kappa shape index (κ1) is 10.8. The monoisotopic (exact) mass is 248 g/mol. The summed E-state index contributed by atoms with van der Waals surface area (Å²) < 4.78 is 5.72. The maximum atomic E-state index is 5.87. The lowest BCUT2D eigenvalue weighted by Gasteiger charge is -2.23. The van der Waals surface area contributed by atoms with Gasteiger partial charge in [0.25, 0.3) is 0 Å². The normalized spacial score (nSPS) is 15.9. The molecule has 1 aliphatic rings. The van der Waals surface area contributed by atoms with Gasteiger partial charge in [-0.15, -0.1) is 0 Å². The summed E-state index contributed by atoms with van der Waals surface area (Å²) in [5, 5.41) is 3.95. The number of oxazole rings is 1. The van der Waals surface area contributed by atoms with E-state index in [4.69, 9.17) is 16.0 Å². The molecule has 0 saturated carbocycles. The number of aromatic nitrogens is 1. The number of hydrogen-bond acceptors (Lipinski definition) is 3. The van der Waals surface area contributed by atoms with Crippen molar-refractivity contribution < 1.29 is 4.42 Å². The SMILES string of the molecule is Cc1oc(C2CNC2)nc1-c1ccc(Cl)cc1. The Morgan fingerprint density at radius 3 is 2.59 bits per heavy atom. The molecule has 0 aliphatic carbocycles. The molecule has 0 amide bonds. The summed E-state index contributed by atoms with van der Waals surface area (Å²) >= 11 is 5.87. The van der Waals surface area contributed by atoms with E-state index < -0.39 is 0 Å². The van der Waals surface area contributed by atoms with Gasteiger partial charge in [0.2, 0.25) is 5.89 Å². The maximum absolute atomic E-state index is 5.87. The Kier molecular flexibility index (Phi) is 2.65. The van der Waals surface area contributed by atoms with Crippen LogP contribution in [-0.2, 0) is 0 Å². The molecule has 0 atom stereocenters. The van der Waals surface area contributed by atoms with E-state index in [2.05, 4.69) is 10.3 Å². The Hall–Kier alpha value is -1.32. The van der Waals surface area contributed by atoms with Crippen LogP contribution in [-0.4, -0.2) is 18.1 Å². The quantitative estimate of drug-likeness (QED) is 0.888. The fraction of sp³-hybridized carbons (Fsp3) is 0.308. The highest BCUT2D eigenvalue weighted by Crippen LogP contribution is 2.28. The smallest absolute Gasteiger partial charge is 0.200 e. The Morgan fingerprint density at radius 2 is 2.00 bits per heavy atom. The van der Waals surface area contributed by atoms with Crippen LogP contribution in [0.4, 0.5) is 0 Å². The van der Waals surface area contributed by atoms with Gasteiger partial charge in [0, 0.05) is 23.7 Å². The Morgan fingerprint density at radius 1 is 1.29 bits per heavy atom. The van der Waals surface area contributed by atoms with Crippen LogP contribution in [0.3, 0.4) is 0 Å². The van der Waals surface area contributed by atoms with E-state index in [9.17, 15) is 0 Å². The van der Waals surface area contributed by atoms with E-state index in [0.29, 0.717) is 5.92 Å². The largest absolute Gasteiger partial charge is 0.445 e. The van der Waals surface area contributed by atoms with Crippen molar-refractivity contribution in [2.75, 3.05) is 13.1 Å². The van der Waals surface area contributed by atoms with Crippen molar-refractivity contribution in [3.8, 4) is 11.3 Å². The second-order valence-electron chi connectivity index (χ2n) is 4.32. The highest BCUT2D eigenvalue weighted by Gasteiger charge is 2.25. The number of rotatable bonds is 2. The van der Waals surface area contributed by atoms with Gasteiger partial charge in [0.1, 0.15) is 11.5 Å². The van der Waals surface area contributed by atoms with Crippen molar-refractivity contribution in [3.05, 3.63) is 40.9 Å². The minimum Gasteiger partial charge on any atom is -0.445 e. The van der Waals surface area contributed by atoms with Crippen LogP contribution in [0.2, 0.25) is 5.02 Å². The van der Waals surface area contributed by atoms with E-state index in [-0.39, 0.29) is 0 Å². The molecule has 0 bridgehead atoms. The van der Waals surface area contributed by atoms with E-state index in [1.54, 1.807) is 0 Å². The maximum Gasteiger partial charge on any atom is 0.200 e. The summed E-state index contributed by atoms with van der Waals surface area (Å²) in [7, 11) is 0. The van der Waals surface area contributed by atoms with E-state index in [1.165, 1.54) is 0 Å².